The van der Waals surface area contributed by atoms with Gasteiger partial charge in [-0.05, 0) is 24.3 Å². The van der Waals surface area contributed by atoms with Crippen molar-refractivity contribution >= 4 is 16.5 Å². The zero-order valence-corrected chi connectivity index (χ0v) is 12.2. The third-order valence-electron chi connectivity index (χ3n) is 3.22. The van der Waals surface area contributed by atoms with Crippen LogP contribution in [0.2, 0.25) is 0 Å². The Morgan fingerprint density at radius 2 is 1.94 bits per heavy atom. The number of rotatable bonds is 7. The summed E-state index contributed by atoms with van der Waals surface area (Å²) in [5, 5.41) is 6.24. The van der Waals surface area contributed by atoms with Crippen LogP contribution in [0.1, 0.15) is 33.4 Å². The van der Waals surface area contributed by atoms with Crippen molar-refractivity contribution in [2.75, 3.05) is 18.8 Å². The molecule has 0 atom stereocenters. The van der Waals surface area contributed by atoms with Gasteiger partial charge in [0.05, 0.1) is 5.69 Å². The topological polar surface area (TPSA) is 50.9 Å². The molecule has 1 aromatic rings. The standard InChI is InChI=1S/C13H25N3S/c1-9(2)12(10(3)4)7-15-6-5-11-8-17-13(14)16-11/h8-10,12,15H,5-7H2,1-4H3,(H2,14,16). The number of nitrogens with one attached hydrogen (secondary N) is 1. The average molecular weight is 255 g/mol. The lowest BCUT2D eigenvalue weighted by atomic mass is 9.85. The fourth-order valence-electron chi connectivity index (χ4n) is 2.16. The van der Waals surface area contributed by atoms with Crippen molar-refractivity contribution in [2.45, 2.75) is 34.1 Å². The maximum atomic E-state index is 5.60. The molecule has 0 spiro atoms. The molecule has 0 radical (unpaired) electrons. The van der Waals surface area contributed by atoms with Crippen LogP contribution >= 0.6 is 11.3 Å². The van der Waals surface area contributed by atoms with Crippen LogP contribution in [0.15, 0.2) is 5.38 Å². The van der Waals surface area contributed by atoms with Crippen molar-refractivity contribution in [1.82, 2.24) is 10.3 Å². The number of hydrogen-bond acceptors (Lipinski definition) is 4. The minimum absolute atomic E-state index is 0.669. The molecule has 0 aromatic carbocycles. The van der Waals surface area contributed by atoms with E-state index in [1.54, 1.807) is 0 Å². The van der Waals surface area contributed by atoms with Gasteiger partial charge in [-0.15, -0.1) is 11.3 Å². The first-order chi connectivity index (χ1) is 8.00. The molecule has 1 rings (SSSR count). The molecule has 0 saturated carbocycles. The van der Waals surface area contributed by atoms with Crippen molar-refractivity contribution in [2.24, 2.45) is 17.8 Å². The van der Waals surface area contributed by atoms with E-state index in [1.807, 2.05) is 5.38 Å². The molecule has 0 unspecified atom stereocenters. The molecule has 17 heavy (non-hydrogen) atoms. The summed E-state index contributed by atoms with van der Waals surface area (Å²) in [7, 11) is 0. The minimum atomic E-state index is 0.669. The molecule has 0 saturated heterocycles. The van der Waals surface area contributed by atoms with E-state index in [1.165, 1.54) is 11.3 Å². The van der Waals surface area contributed by atoms with Gasteiger partial charge in [-0.3, -0.25) is 0 Å². The molecule has 98 valence electrons. The summed E-state index contributed by atoms with van der Waals surface area (Å²) in [6, 6.07) is 0. The zero-order valence-electron chi connectivity index (χ0n) is 11.4. The quantitative estimate of drug-likeness (QED) is 0.737. The predicted octanol–water partition coefficient (Wildman–Crippen LogP) is 2.79. The highest BCUT2D eigenvalue weighted by Gasteiger charge is 2.16. The lowest BCUT2D eigenvalue weighted by Crippen LogP contribution is -2.31. The molecule has 0 amide bonds. The monoisotopic (exact) mass is 255 g/mol. The highest BCUT2D eigenvalue weighted by atomic mass is 32.1. The van der Waals surface area contributed by atoms with Crippen LogP contribution in [0, 0.1) is 17.8 Å². The Bertz CT molecular complexity index is 312. The van der Waals surface area contributed by atoms with Gasteiger partial charge < -0.3 is 11.1 Å². The first-order valence-corrected chi connectivity index (χ1v) is 7.29. The largest absolute Gasteiger partial charge is 0.375 e. The Morgan fingerprint density at radius 1 is 1.29 bits per heavy atom. The summed E-state index contributed by atoms with van der Waals surface area (Å²) < 4.78 is 0. The number of hydrogen-bond donors (Lipinski definition) is 2. The summed E-state index contributed by atoms with van der Waals surface area (Å²) in [5.74, 6) is 2.21. The van der Waals surface area contributed by atoms with E-state index in [4.69, 9.17) is 5.73 Å². The van der Waals surface area contributed by atoms with Crippen LogP contribution in [-0.4, -0.2) is 18.1 Å². The first-order valence-electron chi connectivity index (χ1n) is 6.41. The van der Waals surface area contributed by atoms with Gasteiger partial charge >= 0.3 is 0 Å². The molecule has 0 fully saturated rings. The number of anilines is 1. The summed E-state index contributed by atoms with van der Waals surface area (Å²) >= 11 is 1.52. The fraction of sp³-hybridized carbons (Fsp3) is 0.769. The number of nitrogens with two attached hydrogens (primary N) is 1. The van der Waals surface area contributed by atoms with E-state index in [0.717, 1.165) is 43.0 Å². The molecular weight excluding hydrogens is 230 g/mol. The Kier molecular flexibility index (Phi) is 5.92. The zero-order chi connectivity index (χ0) is 12.8. The Labute approximate surface area is 109 Å². The molecule has 1 heterocycles. The van der Waals surface area contributed by atoms with E-state index in [9.17, 15) is 0 Å². The molecule has 4 heteroatoms. The van der Waals surface area contributed by atoms with E-state index in [2.05, 4.69) is 38.0 Å². The normalized spacial score (nSPS) is 11.9. The summed E-state index contributed by atoms with van der Waals surface area (Å²) in [6.45, 7) is 11.3. The van der Waals surface area contributed by atoms with Gasteiger partial charge in [-0.25, -0.2) is 4.98 Å². The summed E-state index contributed by atoms with van der Waals surface area (Å²) in [6.07, 6.45) is 0.969. The molecule has 0 aliphatic rings. The average Bonchev–Trinajstić information content (AvgIpc) is 2.62. The van der Waals surface area contributed by atoms with Crippen molar-refractivity contribution in [3.63, 3.8) is 0 Å². The molecular formula is C13H25N3S. The van der Waals surface area contributed by atoms with Crippen LogP contribution in [0.5, 0.6) is 0 Å². The second-order valence-corrected chi connectivity index (χ2v) is 6.17. The van der Waals surface area contributed by atoms with Crippen molar-refractivity contribution in [3.05, 3.63) is 11.1 Å². The molecule has 0 aliphatic carbocycles. The van der Waals surface area contributed by atoms with Gasteiger partial charge in [0.15, 0.2) is 5.13 Å². The van der Waals surface area contributed by atoms with Gasteiger partial charge in [0.2, 0.25) is 0 Å². The maximum Gasteiger partial charge on any atom is 0.180 e. The highest BCUT2D eigenvalue weighted by Crippen LogP contribution is 2.19. The molecule has 0 bridgehead atoms. The lowest BCUT2D eigenvalue weighted by molar-refractivity contribution is 0.277. The van der Waals surface area contributed by atoms with Crippen LogP contribution < -0.4 is 11.1 Å². The van der Waals surface area contributed by atoms with Gasteiger partial charge in [-0.2, -0.15) is 0 Å². The first kappa shape index (κ1) is 14.5. The van der Waals surface area contributed by atoms with Crippen molar-refractivity contribution in [1.29, 1.82) is 0 Å². The van der Waals surface area contributed by atoms with Gasteiger partial charge in [0, 0.05) is 18.3 Å². The Balaban J connectivity index is 2.23. The third kappa shape index (κ3) is 5.04. The number of nitrogen functional groups attached to an aromatic ring is 1. The van der Waals surface area contributed by atoms with E-state index in [0.29, 0.717) is 5.13 Å². The van der Waals surface area contributed by atoms with E-state index < -0.39 is 0 Å². The summed E-state index contributed by atoms with van der Waals surface area (Å²) in [4.78, 5) is 4.25. The smallest absolute Gasteiger partial charge is 0.180 e. The highest BCUT2D eigenvalue weighted by molar-refractivity contribution is 7.13. The van der Waals surface area contributed by atoms with Crippen LogP contribution in [0.25, 0.3) is 0 Å². The number of nitrogens with zero attached hydrogens (tertiary/aromatic N) is 1. The van der Waals surface area contributed by atoms with Gasteiger partial charge in [0.25, 0.3) is 0 Å². The molecule has 3 nitrogen and oxygen atoms in total. The second kappa shape index (κ2) is 6.97. The molecule has 3 N–H and O–H groups in total. The number of thiazole rings is 1. The van der Waals surface area contributed by atoms with E-state index in [-0.39, 0.29) is 0 Å². The lowest BCUT2D eigenvalue weighted by Gasteiger charge is -2.25. The predicted molar refractivity (Wildman–Crippen MR) is 76.3 cm³/mol. The minimum Gasteiger partial charge on any atom is -0.375 e. The van der Waals surface area contributed by atoms with Crippen molar-refractivity contribution in [3.8, 4) is 0 Å². The maximum absolute atomic E-state index is 5.60. The Hall–Kier alpha value is -0.610. The number of aromatic nitrogens is 1. The van der Waals surface area contributed by atoms with Crippen LogP contribution in [0.3, 0.4) is 0 Å². The fourth-order valence-corrected chi connectivity index (χ4v) is 2.76. The summed E-state index contributed by atoms with van der Waals surface area (Å²) in [5.41, 5.74) is 6.70. The second-order valence-electron chi connectivity index (χ2n) is 5.28. The molecule has 0 aliphatic heterocycles. The van der Waals surface area contributed by atoms with Crippen LogP contribution in [0.4, 0.5) is 5.13 Å². The van der Waals surface area contributed by atoms with Gasteiger partial charge in [-0.1, -0.05) is 27.7 Å². The van der Waals surface area contributed by atoms with Gasteiger partial charge in [0.1, 0.15) is 0 Å². The molecule has 1 aromatic heterocycles. The SMILES string of the molecule is CC(C)C(CNCCc1csc(N)n1)C(C)C. The Morgan fingerprint density at radius 3 is 2.41 bits per heavy atom. The van der Waals surface area contributed by atoms with Crippen molar-refractivity contribution < 1.29 is 0 Å². The van der Waals surface area contributed by atoms with E-state index >= 15 is 0 Å². The van der Waals surface area contributed by atoms with Crippen LogP contribution in [-0.2, 0) is 6.42 Å². The third-order valence-corrected chi connectivity index (χ3v) is 3.94.